The molecule has 0 unspecified atom stereocenters. The number of ether oxygens (including phenoxy) is 1. The van der Waals surface area contributed by atoms with E-state index >= 15 is 0 Å². The van der Waals surface area contributed by atoms with Crippen LogP contribution in [0.4, 0.5) is 0 Å². The Kier molecular flexibility index (Phi) is 6.45. The smallest absolute Gasteiger partial charge is 0.120 e. The molecule has 1 rings (SSSR count). The predicted molar refractivity (Wildman–Crippen MR) is 70.8 cm³/mol. The van der Waals surface area contributed by atoms with Crippen LogP contribution >= 0.6 is 15.9 Å². The van der Waals surface area contributed by atoms with Gasteiger partial charge < -0.3 is 15.4 Å². The van der Waals surface area contributed by atoms with E-state index in [0.717, 1.165) is 36.3 Å². The van der Waals surface area contributed by atoms with Gasteiger partial charge in [-0.1, -0.05) is 22.0 Å². The minimum atomic E-state index is 0.706. The molecule has 0 amide bonds. The molecule has 2 N–H and O–H groups in total. The maximum Gasteiger partial charge on any atom is 0.120 e. The number of nitrogens with two attached hydrogens (primary N) is 1. The second kappa shape index (κ2) is 7.65. The summed E-state index contributed by atoms with van der Waals surface area (Å²) in [6.07, 6.45) is 1.04. The third-order valence-electron chi connectivity index (χ3n) is 2.28. The Balaban J connectivity index is 2.20. The van der Waals surface area contributed by atoms with Gasteiger partial charge in [-0.2, -0.15) is 0 Å². The fourth-order valence-corrected chi connectivity index (χ4v) is 1.73. The molecule has 0 aliphatic carbocycles. The van der Waals surface area contributed by atoms with Gasteiger partial charge in [-0.3, -0.25) is 0 Å². The molecule has 4 heteroatoms. The van der Waals surface area contributed by atoms with E-state index in [-0.39, 0.29) is 0 Å². The van der Waals surface area contributed by atoms with E-state index in [2.05, 4.69) is 27.9 Å². The Morgan fingerprint density at radius 3 is 2.88 bits per heavy atom. The van der Waals surface area contributed by atoms with Gasteiger partial charge in [0.05, 0.1) is 0 Å². The minimum absolute atomic E-state index is 0.706. The van der Waals surface area contributed by atoms with Crippen molar-refractivity contribution < 1.29 is 4.74 Å². The van der Waals surface area contributed by atoms with Crippen LogP contribution in [0, 0.1) is 0 Å². The molecule has 0 saturated carbocycles. The van der Waals surface area contributed by atoms with Crippen molar-refractivity contribution in [2.24, 2.45) is 5.73 Å². The number of nitrogens with zero attached hydrogens (tertiary/aromatic N) is 1. The zero-order chi connectivity index (χ0) is 11.8. The first-order valence-corrected chi connectivity index (χ1v) is 6.28. The summed E-state index contributed by atoms with van der Waals surface area (Å²) < 4.78 is 6.68. The fourth-order valence-electron chi connectivity index (χ4n) is 1.35. The molecule has 16 heavy (non-hydrogen) atoms. The first-order valence-electron chi connectivity index (χ1n) is 5.49. The topological polar surface area (TPSA) is 38.5 Å². The van der Waals surface area contributed by atoms with Gasteiger partial charge in [-0.25, -0.2) is 0 Å². The highest BCUT2D eigenvalue weighted by molar-refractivity contribution is 9.10. The highest BCUT2D eigenvalue weighted by Gasteiger charge is 1.98. The lowest BCUT2D eigenvalue weighted by Gasteiger charge is -2.16. The van der Waals surface area contributed by atoms with Crippen LogP contribution in [0.25, 0.3) is 0 Å². The minimum Gasteiger partial charge on any atom is -0.492 e. The lowest BCUT2D eigenvalue weighted by Crippen LogP contribution is -2.26. The first kappa shape index (κ1) is 13.5. The summed E-state index contributed by atoms with van der Waals surface area (Å²) in [4.78, 5) is 2.23. The molecule has 0 atom stereocenters. The number of likely N-dealkylation sites (N-methyl/N-ethyl adjacent to an activating group) is 1. The Bertz CT molecular complexity index is 307. The third-order valence-corrected chi connectivity index (χ3v) is 2.78. The largest absolute Gasteiger partial charge is 0.492 e. The molecule has 1 aromatic carbocycles. The van der Waals surface area contributed by atoms with E-state index in [1.807, 2.05) is 24.3 Å². The van der Waals surface area contributed by atoms with Gasteiger partial charge in [0.15, 0.2) is 0 Å². The average molecular weight is 287 g/mol. The zero-order valence-electron chi connectivity index (χ0n) is 9.66. The number of hydrogen-bond acceptors (Lipinski definition) is 3. The van der Waals surface area contributed by atoms with E-state index in [9.17, 15) is 0 Å². The molecule has 0 aliphatic heterocycles. The molecule has 0 aliphatic rings. The van der Waals surface area contributed by atoms with Crippen LogP contribution in [0.15, 0.2) is 28.7 Å². The summed E-state index contributed by atoms with van der Waals surface area (Å²) >= 11 is 3.41. The maximum absolute atomic E-state index is 5.63. The van der Waals surface area contributed by atoms with Gasteiger partial charge in [0.1, 0.15) is 12.4 Å². The Labute approximate surface area is 106 Å². The first-order chi connectivity index (χ1) is 7.72. The van der Waals surface area contributed by atoms with Crippen LogP contribution in [-0.2, 0) is 0 Å². The van der Waals surface area contributed by atoms with E-state index in [1.165, 1.54) is 0 Å². The summed E-state index contributed by atoms with van der Waals surface area (Å²) in [5, 5.41) is 0. The highest BCUT2D eigenvalue weighted by Crippen LogP contribution is 2.17. The lowest BCUT2D eigenvalue weighted by molar-refractivity contribution is 0.236. The SMILES string of the molecule is CN(CCCN)CCOc1cccc(Br)c1. The quantitative estimate of drug-likeness (QED) is 0.834. The van der Waals surface area contributed by atoms with Crippen molar-refractivity contribution >= 4 is 15.9 Å². The summed E-state index contributed by atoms with van der Waals surface area (Å²) in [5.41, 5.74) is 5.45. The Morgan fingerprint density at radius 2 is 2.19 bits per heavy atom. The second-order valence-corrected chi connectivity index (χ2v) is 4.67. The highest BCUT2D eigenvalue weighted by atomic mass is 79.9. The number of benzene rings is 1. The van der Waals surface area contributed by atoms with Gasteiger partial charge in [0, 0.05) is 11.0 Å². The van der Waals surface area contributed by atoms with E-state index in [1.54, 1.807) is 0 Å². The molecular formula is C12H19BrN2O. The summed E-state index contributed by atoms with van der Waals surface area (Å²) in [5.74, 6) is 0.904. The van der Waals surface area contributed by atoms with Crippen molar-refractivity contribution in [2.75, 3.05) is 33.3 Å². The van der Waals surface area contributed by atoms with Crippen LogP contribution in [-0.4, -0.2) is 38.2 Å². The normalized spacial score (nSPS) is 10.8. The molecule has 0 heterocycles. The fraction of sp³-hybridized carbons (Fsp3) is 0.500. The molecule has 0 aromatic heterocycles. The summed E-state index contributed by atoms with van der Waals surface area (Å²) in [6.45, 7) is 3.40. The van der Waals surface area contributed by atoms with Crippen molar-refractivity contribution in [3.63, 3.8) is 0 Å². The Morgan fingerprint density at radius 1 is 1.38 bits per heavy atom. The number of rotatable bonds is 7. The van der Waals surface area contributed by atoms with Crippen LogP contribution < -0.4 is 10.5 Å². The predicted octanol–water partition coefficient (Wildman–Crippen LogP) is 2.11. The van der Waals surface area contributed by atoms with Gasteiger partial charge >= 0.3 is 0 Å². The van der Waals surface area contributed by atoms with Crippen molar-refractivity contribution in [1.82, 2.24) is 4.90 Å². The molecule has 0 saturated heterocycles. The Hall–Kier alpha value is -0.580. The van der Waals surface area contributed by atoms with Crippen LogP contribution in [0.2, 0.25) is 0 Å². The van der Waals surface area contributed by atoms with E-state index in [4.69, 9.17) is 10.5 Å². The van der Waals surface area contributed by atoms with Crippen molar-refractivity contribution in [2.45, 2.75) is 6.42 Å². The molecule has 0 spiro atoms. The number of hydrogen-bond donors (Lipinski definition) is 1. The monoisotopic (exact) mass is 286 g/mol. The molecule has 0 fully saturated rings. The van der Waals surface area contributed by atoms with Gasteiger partial charge in [0.2, 0.25) is 0 Å². The van der Waals surface area contributed by atoms with Gasteiger partial charge in [-0.05, 0) is 44.8 Å². The van der Waals surface area contributed by atoms with E-state index in [0.29, 0.717) is 6.61 Å². The van der Waals surface area contributed by atoms with Crippen LogP contribution in [0.3, 0.4) is 0 Å². The number of halogens is 1. The molecule has 0 radical (unpaired) electrons. The van der Waals surface area contributed by atoms with Gasteiger partial charge in [0.25, 0.3) is 0 Å². The standard InChI is InChI=1S/C12H19BrN2O/c1-15(7-3-6-14)8-9-16-12-5-2-4-11(13)10-12/h2,4-5,10H,3,6-9,14H2,1H3. The average Bonchev–Trinajstić information content (AvgIpc) is 2.26. The second-order valence-electron chi connectivity index (χ2n) is 3.75. The summed E-state index contributed by atoms with van der Waals surface area (Å²) in [7, 11) is 2.08. The molecule has 1 aromatic rings. The maximum atomic E-state index is 5.63. The molecule has 0 bridgehead atoms. The summed E-state index contributed by atoms with van der Waals surface area (Å²) in [6, 6.07) is 7.89. The van der Waals surface area contributed by atoms with Crippen LogP contribution in [0.1, 0.15) is 6.42 Å². The van der Waals surface area contributed by atoms with Gasteiger partial charge in [-0.15, -0.1) is 0 Å². The van der Waals surface area contributed by atoms with Crippen molar-refractivity contribution in [3.05, 3.63) is 28.7 Å². The molecule has 3 nitrogen and oxygen atoms in total. The molecule has 90 valence electrons. The lowest BCUT2D eigenvalue weighted by atomic mass is 10.3. The van der Waals surface area contributed by atoms with Crippen molar-refractivity contribution in [3.8, 4) is 5.75 Å². The zero-order valence-corrected chi connectivity index (χ0v) is 11.2. The van der Waals surface area contributed by atoms with Crippen molar-refractivity contribution in [1.29, 1.82) is 0 Å². The van der Waals surface area contributed by atoms with E-state index < -0.39 is 0 Å². The molecular weight excluding hydrogens is 268 g/mol. The van der Waals surface area contributed by atoms with Crippen LogP contribution in [0.5, 0.6) is 5.75 Å². The third kappa shape index (κ3) is 5.49.